The lowest BCUT2D eigenvalue weighted by atomic mass is 10.1. The van der Waals surface area contributed by atoms with E-state index in [0.717, 1.165) is 29.4 Å². The molecule has 0 aliphatic carbocycles. The highest BCUT2D eigenvalue weighted by Crippen LogP contribution is 2.19. The van der Waals surface area contributed by atoms with Gasteiger partial charge in [0.2, 0.25) is 0 Å². The van der Waals surface area contributed by atoms with Gasteiger partial charge in [0.1, 0.15) is 11.6 Å². The standard InChI is InChI=1S/C19H21N3O/c1-14(16-9-6-10-18(11-16)23-2)20-12-17-13-21-19(22-17)15-7-4-3-5-8-15/h3-11,13-14,20H,12H2,1-2H3,(H,21,22). The summed E-state index contributed by atoms with van der Waals surface area (Å²) in [6.07, 6.45) is 1.88. The first-order chi connectivity index (χ1) is 11.3. The molecule has 3 rings (SSSR count). The van der Waals surface area contributed by atoms with Gasteiger partial charge >= 0.3 is 0 Å². The SMILES string of the molecule is COc1cccc(C(C)NCc2cnc(-c3ccccc3)[nH]2)c1. The van der Waals surface area contributed by atoms with E-state index in [2.05, 4.69) is 46.5 Å². The van der Waals surface area contributed by atoms with Crippen LogP contribution in [-0.2, 0) is 6.54 Å². The maximum absolute atomic E-state index is 5.28. The number of aromatic amines is 1. The van der Waals surface area contributed by atoms with Crippen LogP contribution in [0.15, 0.2) is 60.8 Å². The Morgan fingerprint density at radius 1 is 1.13 bits per heavy atom. The van der Waals surface area contributed by atoms with Crippen LogP contribution in [0, 0.1) is 0 Å². The molecule has 0 fully saturated rings. The number of ether oxygens (including phenoxy) is 1. The Kier molecular flexibility index (Phi) is 4.74. The first-order valence-electron chi connectivity index (χ1n) is 7.73. The molecule has 1 atom stereocenters. The van der Waals surface area contributed by atoms with Crippen LogP contribution in [0.4, 0.5) is 0 Å². The van der Waals surface area contributed by atoms with E-state index in [1.54, 1.807) is 7.11 Å². The fourth-order valence-electron chi connectivity index (χ4n) is 2.48. The van der Waals surface area contributed by atoms with E-state index in [1.807, 2.05) is 36.5 Å². The van der Waals surface area contributed by atoms with Crippen molar-refractivity contribution in [3.8, 4) is 17.1 Å². The summed E-state index contributed by atoms with van der Waals surface area (Å²) >= 11 is 0. The Morgan fingerprint density at radius 2 is 1.96 bits per heavy atom. The van der Waals surface area contributed by atoms with Crippen LogP contribution in [0.3, 0.4) is 0 Å². The zero-order valence-electron chi connectivity index (χ0n) is 13.4. The molecule has 0 aliphatic rings. The molecule has 0 saturated heterocycles. The first-order valence-corrected chi connectivity index (χ1v) is 7.73. The summed E-state index contributed by atoms with van der Waals surface area (Å²) in [7, 11) is 1.69. The number of nitrogens with one attached hydrogen (secondary N) is 2. The summed E-state index contributed by atoms with van der Waals surface area (Å²) in [4.78, 5) is 7.81. The third kappa shape index (κ3) is 3.79. The quantitative estimate of drug-likeness (QED) is 0.725. The van der Waals surface area contributed by atoms with Crippen LogP contribution < -0.4 is 10.1 Å². The van der Waals surface area contributed by atoms with E-state index in [0.29, 0.717) is 0 Å². The van der Waals surface area contributed by atoms with Gasteiger partial charge in [-0.1, -0.05) is 42.5 Å². The molecular formula is C19H21N3O. The topological polar surface area (TPSA) is 49.9 Å². The maximum Gasteiger partial charge on any atom is 0.137 e. The molecule has 118 valence electrons. The van der Waals surface area contributed by atoms with Gasteiger partial charge < -0.3 is 15.0 Å². The third-order valence-electron chi connectivity index (χ3n) is 3.87. The fraction of sp³-hybridized carbons (Fsp3) is 0.211. The van der Waals surface area contributed by atoms with Crippen molar-refractivity contribution in [2.75, 3.05) is 7.11 Å². The van der Waals surface area contributed by atoms with Crippen molar-refractivity contribution in [1.82, 2.24) is 15.3 Å². The molecule has 0 aliphatic heterocycles. The summed E-state index contributed by atoms with van der Waals surface area (Å²) in [5.41, 5.74) is 3.37. The lowest BCUT2D eigenvalue weighted by Crippen LogP contribution is -2.18. The summed E-state index contributed by atoms with van der Waals surface area (Å²) in [6.45, 7) is 2.88. The van der Waals surface area contributed by atoms with Gasteiger partial charge in [0.05, 0.1) is 7.11 Å². The number of nitrogens with zero attached hydrogens (tertiary/aromatic N) is 1. The molecule has 1 unspecified atom stereocenters. The van der Waals surface area contributed by atoms with Crippen molar-refractivity contribution in [3.63, 3.8) is 0 Å². The molecule has 4 nitrogen and oxygen atoms in total. The predicted octanol–water partition coefficient (Wildman–Crippen LogP) is 3.94. The zero-order valence-corrected chi connectivity index (χ0v) is 13.4. The second kappa shape index (κ2) is 7.11. The summed E-state index contributed by atoms with van der Waals surface area (Å²) < 4.78 is 5.28. The Bertz CT molecular complexity index is 752. The number of rotatable bonds is 6. The van der Waals surface area contributed by atoms with Gasteiger partial charge in [0.15, 0.2) is 0 Å². The number of hydrogen-bond acceptors (Lipinski definition) is 3. The first kappa shape index (κ1) is 15.3. The minimum Gasteiger partial charge on any atom is -0.497 e. The Balaban J connectivity index is 1.63. The molecule has 4 heteroatoms. The number of methoxy groups -OCH3 is 1. The predicted molar refractivity (Wildman–Crippen MR) is 92.3 cm³/mol. The molecular weight excluding hydrogens is 286 g/mol. The summed E-state index contributed by atoms with van der Waals surface area (Å²) in [5.74, 6) is 1.78. The van der Waals surface area contributed by atoms with Crippen molar-refractivity contribution >= 4 is 0 Å². The smallest absolute Gasteiger partial charge is 0.137 e. The number of H-pyrrole nitrogens is 1. The van der Waals surface area contributed by atoms with Gasteiger partial charge in [-0.25, -0.2) is 4.98 Å². The molecule has 1 heterocycles. The highest BCUT2D eigenvalue weighted by atomic mass is 16.5. The van der Waals surface area contributed by atoms with E-state index in [-0.39, 0.29) is 6.04 Å². The van der Waals surface area contributed by atoms with Crippen LogP contribution >= 0.6 is 0 Å². The molecule has 0 bridgehead atoms. The summed E-state index contributed by atoms with van der Waals surface area (Å²) in [5, 5.41) is 3.50. The van der Waals surface area contributed by atoms with Gasteiger partial charge in [-0.2, -0.15) is 0 Å². The second-order valence-electron chi connectivity index (χ2n) is 5.50. The van der Waals surface area contributed by atoms with Crippen molar-refractivity contribution in [2.45, 2.75) is 19.5 Å². The van der Waals surface area contributed by atoms with Crippen LogP contribution in [0.25, 0.3) is 11.4 Å². The molecule has 1 aromatic heterocycles. The molecule has 0 amide bonds. The Morgan fingerprint density at radius 3 is 2.74 bits per heavy atom. The monoisotopic (exact) mass is 307 g/mol. The normalized spacial score (nSPS) is 12.1. The second-order valence-corrected chi connectivity index (χ2v) is 5.50. The highest BCUT2D eigenvalue weighted by molar-refractivity contribution is 5.54. The molecule has 2 N–H and O–H groups in total. The minimum absolute atomic E-state index is 0.230. The maximum atomic E-state index is 5.28. The number of imidazole rings is 1. The average molecular weight is 307 g/mol. The Labute approximate surface area is 136 Å². The van der Waals surface area contributed by atoms with Crippen molar-refractivity contribution in [1.29, 1.82) is 0 Å². The van der Waals surface area contributed by atoms with E-state index < -0.39 is 0 Å². The van der Waals surface area contributed by atoms with Gasteiger partial charge in [-0.15, -0.1) is 0 Å². The number of benzene rings is 2. The molecule has 3 aromatic rings. The number of aromatic nitrogens is 2. The minimum atomic E-state index is 0.230. The molecule has 0 spiro atoms. The summed E-state index contributed by atoms with van der Waals surface area (Å²) in [6, 6.07) is 18.5. The zero-order chi connectivity index (χ0) is 16.1. The largest absolute Gasteiger partial charge is 0.497 e. The van der Waals surface area contributed by atoms with E-state index in [4.69, 9.17) is 4.74 Å². The van der Waals surface area contributed by atoms with Crippen LogP contribution in [0.1, 0.15) is 24.2 Å². The van der Waals surface area contributed by atoms with E-state index >= 15 is 0 Å². The van der Waals surface area contributed by atoms with Gasteiger partial charge in [0, 0.05) is 30.0 Å². The van der Waals surface area contributed by atoms with Gasteiger partial charge in [0.25, 0.3) is 0 Å². The third-order valence-corrected chi connectivity index (χ3v) is 3.87. The molecule has 2 aromatic carbocycles. The van der Waals surface area contributed by atoms with Crippen molar-refractivity contribution in [2.24, 2.45) is 0 Å². The number of hydrogen-bond donors (Lipinski definition) is 2. The molecule has 0 radical (unpaired) electrons. The van der Waals surface area contributed by atoms with Crippen LogP contribution in [-0.4, -0.2) is 17.1 Å². The average Bonchev–Trinajstić information content (AvgIpc) is 3.09. The molecule has 0 saturated carbocycles. The van der Waals surface area contributed by atoms with Crippen LogP contribution in [0.5, 0.6) is 5.75 Å². The lowest BCUT2D eigenvalue weighted by Gasteiger charge is -2.14. The fourth-order valence-corrected chi connectivity index (χ4v) is 2.48. The van der Waals surface area contributed by atoms with Gasteiger partial charge in [-0.3, -0.25) is 0 Å². The van der Waals surface area contributed by atoms with Crippen LogP contribution in [0.2, 0.25) is 0 Å². The van der Waals surface area contributed by atoms with Crippen molar-refractivity contribution in [3.05, 3.63) is 72.1 Å². The lowest BCUT2D eigenvalue weighted by molar-refractivity contribution is 0.413. The Hall–Kier alpha value is -2.59. The van der Waals surface area contributed by atoms with E-state index in [1.165, 1.54) is 5.56 Å². The van der Waals surface area contributed by atoms with Crippen molar-refractivity contribution < 1.29 is 4.74 Å². The van der Waals surface area contributed by atoms with E-state index in [9.17, 15) is 0 Å². The van der Waals surface area contributed by atoms with Gasteiger partial charge in [-0.05, 0) is 24.6 Å². The molecule has 23 heavy (non-hydrogen) atoms. The highest BCUT2D eigenvalue weighted by Gasteiger charge is 2.08.